The van der Waals surface area contributed by atoms with Crippen LogP contribution in [0.25, 0.3) is 10.8 Å². The van der Waals surface area contributed by atoms with Gasteiger partial charge in [-0.25, -0.2) is 5.43 Å². The molecule has 0 aliphatic heterocycles. The van der Waals surface area contributed by atoms with E-state index in [-0.39, 0.29) is 12.5 Å². The van der Waals surface area contributed by atoms with Crippen molar-refractivity contribution in [3.63, 3.8) is 0 Å². The zero-order valence-corrected chi connectivity index (χ0v) is 17.3. The maximum atomic E-state index is 12.1. The van der Waals surface area contributed by atoms with Gasteiger partial charge in [-0.2, -0.15) is 5.10 Å². The maximum Gasteiger partial charge on any atom is 0.277 e. The Morgan fingerprint density at radius 3 is 2.68 bits per heavy atom. The SMILES string of the molecule is CCc1ccc(OCC(=O)N/N=C/c2c(OC)ccc3ccccc23)c(Br)c1. The molecule has 0 saturated heterocycles. The monoisotopic (exact) mass is 440 g/mol. The number of halogens is 1. The van der Waals surface area contributed by atoms with Gasteiger partial charge < -0.3 is 9.47 Å². The molecule has 5 nitrogen and oxygen atoms in total. The number of aryl methyl sites for hydroxylation is 1. The molecule has 0 aliphatic carbocycles. The number of carbonyl (C=O) groups excluding carboxylic acids is 1. The average molecular weight is 441 g/mol. The number of hydrogen-bond acceptors (Lipinski definition) is 4. The molecule has 0 spiro atoms. The van der Waals surface area contributed by atoms with Gasteiger partial charge >= 0.3 is 0 Å². The molecule has 3 aromatic rings. The van der Waals surface area contributed by atoms with Crippen molar-refractivity contribution in [1.82, 2.24) is 5.43 Å². The first-order valence-electron chi connectivity index (χ1n) is 8.91. The Bertz CT molecular complexity index is 1020. The van der Waals surface area contributed by atoms with E-state index in [2.05, 4.69) is 33.4 Å². The normalized spacial score (nSPS) is 11.0. The first-order valence-corrected chi connectivity index (χ1v) is 9.70. The van der Waals surface area contributed by atoms with E-state index < -0.39 is 0 Å². The van der Waals surface area contributed by atoms with E-state index in [1.54, 1.807) is 13.3 Å². The quantitative estimate of drug-likeness (QED) is 0.427. The minimum Gasteiger partial charge on any atom is -0.496 e. The number of amides is 1. The van der Waals surface area contributed by atoms with Crippen LogP contribution in [0.5, 0.6) is 11.5 Å². The highest BCUT2D eigenvalue weighted by atomic mass is 79.9. The summed E-state index contributed by atoms with van der Waals surface area (Å²) >= 11 is 3.46. The molecule has 0 atom stereocenters. The number of rotatable bonds is 7. The Hall–Kier alpha value is -2.86. The lowest BCUT2D eigenvalue weighted by Crippen LogP contribution is -2.24. The first kappa shape index (κ1) is 19.9. The largest absolute Gasteiger partial charge is 0.496 e. The highest BCUT2D eigenvalue weighted by Crippen LogP contribution is 2.27. The second-order valence-corrected chi connectivity index (χ2v) is 6.96. The van der Waals surface area contributed by atoms with E-state index in [0.29, 0.717) is 11.5 Å². The third kappa shape index (κ3) is 4.70. The molecule has 28 heavy (non-hydrogen) atoms. The summed E-state index contributed by atoms with van der Waals surface area (Å²) in [6.07, 6.45) is 2.52. The maximum absolute atomic E-state index is 12.1. The van der Waals surface area contributed by atoms with Crippen LogP contribution in [0.1, 0.15) is 18.1 Å². The van der Waals surface area contributed by atoms with Crippen molar-refractivity contribution in [2.45, 2.75) is 13.3 Å². The van der Waals surface area contributed by atoms with Crippen LogP contribution < -0.4 is 14.9 Å². The first-order chi connectivity index (χ1) is 13.6. The summed E-state index contributed by atoms with van der Waals surface area (Å²) in [6, 6.07) is 17.6. The molecular formula is C22H21BrN2O3. The molecule has 0 unspecified atom stereocenters. The fourth-order valence-corrected chi connectivity index (χ4v) is 3.35. The standard InChI is InChI=1S/C22H21BrN2O3/c1-3-15-8-10-21(19(23)12-15)28-14-22(26)25-24-13-18-17-7-5-4-6-16(17)9-11-20(18)27-2/h4-13H,3,14H2,1-2H3,(H,25,26)/b24-13+. The third-order valence-corrected chi connectivity index (χ3v) is 4.92. The zero-order valence-electron chi connectivity index (χ0n) is 15.7. The van der Waals surface area contributed by atoms with Gasteiger partial charge in [0.05, 0.1) is 17.8 Å². The fourth-order valence-electron chi connectivity index (χ4n) is 2.81. The van der Waals surface area contributed by atoms with Gasteiger partial charge in [-0.05, 0) is 56.9 Å². The van der Waals surface area contributed by atoms with Crippen molar-refractivity contribution in [2.24, 2.45) is 5.10 Å². The molecule has 0 fully saturated rings. The molecule has 0 aromatic heterocycles. The van der Waals surface area contributed by atoms with Gasteiger partial charge in [0.25, 0.3) is 5.91 Å². The van der Waals surface area contributed by atoms with Crippen LogP contribution in [0.4, 0.5) is 0 Å². The second-order valence-electron chi connectivity index (χ2n) is 6.10. The van der Waals surface area contributed by atoms with E-state index in [9.17, 15) is 4.79 Å². The molecule has 0 heterocycles. The van der Waals surface area contributed by atoms with Crippen LogP contribution >= 0.6 is 15.9 Å². The number of hydrogen-bond donors (Lipinski definition) is 1. The molecule has 1 N–H and O–H groups in total. The summed E-state index contributed by atoms with van der Waals surface area (Å²) in [6.45, 7) is 1.95. The number of nitrogens with one attached hydrogen (secondary N) is 1. The Labute approximate surface area is 172 Å². The van der Waals surface area contributed by atoms with Crippen molar-refractivity contribution < 1.29 is 14.3 Å². The van der Waals surface area contributed by atoms with E-state index in [4.69, 9.17) is 9.47 Å². The van der Waals surface area contributed by atoms with Gasteiger partial charge in [0, 0.05) is 5.56 Å². The minimum absolute atomic E-state index is 0.131. The lowest BCUT2D eigenvalue weighted by molar-refractivity contribution is -0.123. The van der Waals surface area contributed by atoms with E-state index in [0.717, 1.165) is 27.2 Å². The number of fused-ring (bicyclic) bond motifs is 1. The van der Waals surface area contributed by atoms with Gasteiger partial charge in [-0.3, -0.25) is 4.79 Å². The van der Waals surface area contributed by atoms with Crippen molar-refractivity contribution >= 4 is 38.8 Å². The highest BCUT2D eigenvalue weighted by molar-refractivity contribution is 9.10. The topological polar surface area (TPSA) is 59.9 Å². The molecule has 0 bridgehead atoms. The Morgan fingerprint density at radius 2 is 1.93 bits per heavy atom. The van der Waals surface area contributed by atoms with E-state index >= 15 is 0 Å². The third-order valence-electron chi connectivity index (χ3n) is 4.30. The number of ether oxygens (including phenoxy) is 2. The molecule has 3 rings (SSSR count). The summed E-state index contributed by atoms with van der Waals surface area (Å²) in [4.78, 5) is 12.1. The van der Waals surface area contributed by atoms with E-state index in [1.807, 2.05) is 54.6 Å². The Kier molecular flexibility index (Phi) is 6.66. The van der Waals surface area contributed by atoms with Crippen LogP contribution in [0.2, 0.25) is 0 Å². The molecule has 0 saturated carbocycles. The van der Waals surface area contributed by atoms with E-state index in [1.165, 1.54) is 5.56 Å². The summed E-state index contributed by atoms with van der Waals surface area (Å²) < 4.78 is 11.8. The lowest BCUT2D eigenvalue weighted by Gasteiger charge is -2.09. The average Bonchev–Trinajstić information content (AvgIpc) is 2.72. The van der Waals surface area contributed by atoms with Crippen LogP contribution in [0.3, 0.4) is 0 Å². The van der Waals surface area contributed by atoms with Crippen molar-refractivity contribution in [1.29, 1.82) is 0 Å². The van der Waals surface area contributed by atoms with Gasteiger partial charge in [-0.15, -0.1) is 0 Å². The van der Waals surface area contributed by atoms with Crippen LogP contribution in [0.15, 0.2) is 64.2 Å². The summed E-state index contributed by atoms with van der Waals surface area (Å²) in [5, 5.41) is 6.13. The molecule has 0 radical (unpaired) electrons. The van der Waals surface area contributed by atoms with Gasteiger partial charge in [-0.1, -0.05) is 43.3 Å². The summed E-state index contributed by atoms with van der Waals surface area (Å²) in [7, 11) is 1.61. The van der Waals surface area contributed by atoms with Crippen molar-refractivity contribution in [2.75, 3.05) is 13.7 Å². The Morgan fingerprint density at radius 1 is 1.14 bits per heavy atom. The number of nitrogens with zero attached hydrogens (tertiary/aromatic N) is 1. The predicted octanol–water partition coefficient (Wildman–Crippen LogP) is 4.70. The fraction of sp³-hybridized carbons (Fsp3) is 0.182. The number of benzene rings is 3. The zero-order chi connectivity index (χ0) is 19.9. The number of carbonyl (C=O) groups is 1. The van der Waals surface area contributed by atoms with Crippen molar-refractivity contribution in [3.8, 4) is 11.5 Å². The molecular weight excluding hydrogens is 420 g/mol. The van der Waals surface area contributed by atoms with Gasteiger partial charge in [0.15, 0.2) is 6.61 Å². The smallest absolute Gasteiger partial charge is 0.277 e. The molecule has 1 amide bonds. The van der Waals surface area contributed by atoms with Crippen LogP contribution in [-0.2, 0) is 11.2 Å². The van der Waals surface area contributed by atoms with Crippen LogP contribution in [-0.4, -0.2) is 25.8 Å². The predicted molar refractivity (Wildman–Crippen MR) is 115 cm³/mol. The minimum atomic E-state index is -0.345. The second kappa shape index (κ2) is 9.37. The Balaban J connectivity index is 1.65. The molecule has 144 valence electrons. The summed E-state index contributed by atoms with van der Waals surface area (Å²) in [5.74, 6) is 0.960. The number of hydrazone groups is 1. The van der Waals surface area contributed by atoms with Crippen molar-refractivity contribution in [3.05, 3.63) is 70.2 Å². The van der Waals surface area contributed by atoms with Crippen LogP contribution in [0, 0.1) is 0 Å². The lowest BCUT2D eigenvalue weighted by atomic mass is 10.0. The van der Waals surface area contributed by atoms with Gasteiger partial charge in [0.2, 0.25) is 0 Å². The highest BCUT2D eigenvalue weighted by Gasteiger charge is 2.08. The molecule has 0 aliphatic rings. The molecule has 3 aromatic carbocycles. The van der Waals surface area contributed by atoms with Gasteiger partial charge in [0.1, 0.15) is 11.5 Å². The summed E-state index contributed by atoms with van der Waals surface area (Å²) in [5.41, 5.74) is 4.49. The number of methoxy groups -OCH3 is 1. The molecule has 6 heteroatoms.